The molecule has 1 aliphatic rings. The fourth-order valence-corrected chi connectivity index (χ4v) is 5.20. The van der Waals surface area contributed by atoms with E-state index < -0.39 is 0 Å². The number of aryl methyl sites for hydroxylation is 1. The number of anilines is 1. The smallest absolute Gasteiger partial charge is 0.227 e. The van der Waals surface area contributed by atoms with Gasteiger partial charge in [0.1, 0.15) is 5.75 Å². The number of hydrogen-bond donors (Lipinski definition) is 0. The van der Waals surface area contributed by atoms with Gasteiger partial charge >= 0.3 is 0 Å². The Balaban J connectivity index is 1.70. The third-order valence-corrected chi connectivity index (χ3v) is 6.58. The highest BCUT2D eigenvalue weighted by molar-refractivity contribution is 5.96. The number of amides is 1. The Morgan fingerprint density at radius 1 is 0.903 bits per heavy atom. The molecule has 4 rings (SSSR count). The van der Waals surface area contributed by atoms with E-state index in [2.05, 4.69) is 63.2 Å². The Hall–Kier alpha value is -3.07. The van der Waals surface area contributed by atoms with Gasteiger partial charge in [0.2, 0.25) is 5.91 Å². The highest BCUT2D eigenvalue weighted by Crippen LogP contribution is 2.50. The number of carbonyl (C=O) groups excluding carboxylic acids is 1. The van der Waals surface area contributed by atoms with Gasteiger partial charge in [-0.05, 0) is 61.6 Å². The number of para-hydroxylation sites is 1. The number of fused-ring (bicyclic) bond motifs is 1. The first-order valence-corrected chi connectivity index (χ1v) is 11.0. The molecule has 3 heteroatoms. The van der Waals surface area contributed by atoms with Gasteiger partial charge in [-0.2, -0.15) is 0 Å². The minimum atomic E-state index is -0.309. The SMILES string of the molecule is COc1ccc([C@@]2(C)CC(C)(C)N(C(=O)CCc3ccccc3)c3ccccc32)cc1. The van der Waals surface area contributed by atoms with Gasteiger partial charge in [-0.3, -0.25) is 4.79 Å². The zero-order valence-corrected chi connectivity index (χ0v) is 18.9. The molecule has 1 amide bonds. The standard InChI is InChI=1S/C28H31NO2/c1-27(2)20-28(3,22-15-17-23(31-4)18-16-22)24-12-8-9-13-25(24)29(27)26(30)19-14-21-10-6-5-7-11-21/h5-13,15-18H,14,19-20H2,1-4H3/t28-/m1/s1. The number of ether oxygens (including phenoxy) is 1. The van der Waals surface area contributed by atoms with E-state index in [1.54, 1.807) is 7.11 Å². The molecular weight excluding hydrogens is 382 g/mol. The van der Waals surface area contributed by atoms with E-state index in [-0.39, 0.29) is 16.9 Å². The van der Waals surface area contributed by atoms with Crippen LogP contribution in [0.1, 0.15) is 50.3 Å². The summed E-state index contributed by atoms with van der Waals surface area (Å²) in [6, 6.07) is 27.0. The Morgan fingerprint density at radius 2 is 1.55 bits per heavy atom. The van der Waals surface area contributed by atoms with Crippen LogP contribution in [0, 0.1) is 0 Å². The van der Waals surface area contributed by atoms with Gasteiger partial charge in [0.25, 0.3) is 0 Å². The lowest BCUT2D eigenvalue weighted by Crippen LogP contribution is -2.55. The maximum atomic E-state index is 13.5. The molecule has 0 bridgehead atoms. The van der Waals surface area contributed by atoms with Crippen LogP contribution in [0.3, 0.4) is 0 Å². The predicted molar refractivity (Wildman–Crippen MR) is 127 cm³/mol. The van der Waals surface area contributed by atoms with Gasteiger partial charge in [0, 0.05) is 23.1 Å². The molecule has 3 aromatic rings. The molecule has 1 atom stereocenters. The van der Waals surface area contributed by atoms with Crippen molar-refractivity contribution in [2.24, 2.45) is 0 Å². The van der Waals surface area contributed by atoms with Crippen molar-refractivity contribution in [2.75, 3.05) is 12.0 Å². The van der Waals surface area contributed by atoms with E-state index >= 15 is 0 Å². The maximum absolute atomic E-state index is 13.5. The average Bonchev–Trinajstić information content (AvgIpc) is 2.78. The second kappa shape index (κ2) is 8.22. The molecule has 0 unspecified atom stereocenters. The minimum Gasteiger partial charge on any atom is -0.497 e. The van der Waals surface area contributed by atoms with Gasteiger partial charge in [-0.15, -0.1) is 0 Å². The molecule has 3 aromatic carbocycles. The van der Waals surface area contributed by atoms with Crippen molar-refractivity contribution in [3.05, 3.63) is 95.6 Å². The Labute approximate surface area is 185 Å². The van der Waals surface area contributed by atoms with Crippen LogP contribution in [-0.2, 0) is 16.6 Å². The lowest BCUT2D eigenvalue weighted by Gasteiger charge is -2.51. The molecule has 3 nitrogen and oxygen atoms in total. The van der Waals surface area contributed by atoms with Crippen molar-refractivity contribution < 1.29 is 9.53 Å². The highest BCUT2D eigenvalue weighted by atomic mass is 16.5. The number of nitrogens with zero attached hydrogens (tertiary/aromatic N) is 1. The van der Waals surface area contributed by atoms with Gasteiger partial charge in [-0.1, -0.05) is 67.6 Å². The van der Waals surface area contributed by atoms with Crippen molar-refractivity contribution in [3.63, 3.8) is 0 Å². The van der Waals surface area contributed by atoms with Crippen LogP contribution in [-0.4, -0.2) is 18.6 Å². The molecule has 0 radical (unpaired) electrons. The molecule has 160 valence electrons. The van der Waals surface area contributed by atoms with Crippen LogP contribution in [0.15, 0.2) is 78.9 Å². The minimum absolute atomic E-state index is 0.179. The zero-order chi connectivity index (χ0) is 22.1. The number of hydrogen-bond acceptors (Lipinski definition) is 2. The lowest BCUT2D eigenvalue weighted by atomic mass is 9.65. The van der Waals surface area contributed by atoms with Gasteiger partial charge in [-0.25, -0.2) is 0 Å². The number of carbonyl (C=O) groups is 1. The van der Waals surface area contributed by atoms with Crippen LogP contribution in [0.2, 0.25) is 0 Å². The quantitative estimate of drug-likeness (QED) is 0.502. The van der Waals surface area contributed by atoms with Crippen molar-refractivity contribution in [1.82, 2.24) is 0 Å². The maximum Gasteiger partial charge on any atom is 0.227 e. The Bertz CT molecular complexity index is 1060. The highest BCUT2D eigenvalue weighted by Gasteiger charge is 2.47. The fourth-order valence-electron chi connectivity index (χ4n) is 5.20. The third kappa shape index (κ3) is 3.97. The molecule has 0 aliphatic carbocycles. The predicted octanol–water partition coefficient (Wildman–Crippen LogP) is 6.15. The Kier molecular flexibility index (Phi) is 5.62. The summed E-state index contributed by atoms with van der Waals surface area (Å²) in [5.41, 5.74) is 4.16. The summed E-state index contributed by atoms with van der Waals surface area (Å²) in [5, 5.41) is 0. The normalized spacial score (nSPS) is 19.5. The van der Waals surface area contributed by atoms with Crippen LogP contribution >= 0.6 is 0 Å². The average molecular weight is 414 g/mol. The summed E-state index contributed by atoms with van der Waals surface area (Å²) < 4.78 is 5.36. The summed E-state index contributed by atoms with van der Waals surface area (Å²) in [4.78, 5) is 15.5. The third-order valence-electron chi connectivity index (χ3n) is 6.58. The first kappa shape index (κ1) is 21.2. The topological polar surface area (TPSA) is 29.5 Å². The van der Waals surface area contributed by atoms with Gasteiger partial charge in [0.05, 0.1) is 7.11 Å². The van der Waals surface area contributed by atoms with Crippen molar-refractivity contribution in [3.8, 4) is 5.75 Å². The first-order chi connectivity index (χ1) is 14.8. The fraction of sp³-hybridized carbons (Fsp3) is 0.321. The molecule has 0 spiro atoms. The number of rotatable bonds is 5. The second-order valence-electron chi connectivity index (χ2n) is 9.28. The first-order valence-electron chi connectivity index (χ1n) is 11.0. The van der Waals surface area contributed by atoms with Crippen molar-refractivity contribution >= 4 is 11.6 Å². The molecule has 31 heavy (non-hydrogen) atoms. The van der Waals surface area contributed by atoms with Gasteiger partial charge < -0.3 is 9.64 Å². The molecule has 1 aliphatic heterocycles. The molecule has 0 N–H and O–H groups in total. The van der Waals surface area contributed by atoms with E-state index in [1.165, 1.54) is 16.7 Å². The van der Waals surface area contributed by atoms with Gasteiger partial charge in [0.15, 0.2) is 0 Å². The molecule has 0 saturated carbocycles. The molecule has 0 fully saturated rings. The van der Waals surface area contributed by atoms with Crippen LogP contribution < -0.4 is 9.64 Å². The molecule has 0 aromatic heterocycles. The number of benzene rings is 3. The van der Waals surface area contributed by atoms with Crippen molar-refractivity contribution in [1.29, 1.82) is 0 Å². The zero-order valence-electron chi connectivity index (χ0n) is 18.9. The van der Waals surface area contributed by atoms with E-state index in [4.69, 9.17) is 4.74 Å². The summed E-state index contributed by atoms with van der Waals surface area (Å²) >= 11 is 0. The summed E-state index contributed by atoms with van der Waals surface area (Å²) in [6.45, 7) is 6.66. The summed E-state index contributed by atoms with van der Waals surface area (Å²) in [6.07, 6.45) is 2.10. The molecule has 1 heterocycles. The second-order valence-corrected chi connectivity index (χ2v) is 9.28. The molecule has 0 saturated heterocycles. The van der Waals surface area contributed by atoms with E-state index in [1.807, 2.05) is 41.3 Å². The molecular formula is C28H31NO2. The Morgan fingerprint density at radius 3 is 2.23 bits per heavy atom. The van der Waals surface area contributed by atoms with E-state index in [9.17, 15) is 4.79 Å². The monoisotopic (exact) mass is 413 g/mol. The van der Waals surface area contributed by atoms with Crippen LogP contribution in [0.5, 0.6) is 5.75 Å². The van der Waals surface area contributed by atoms with E-state index in [0.29, 0.717) is 6.42 Å². The largest absolute Gasteiger partial charge is 0.497 e. The van der Waals surface area contributed by atoms with E-state index in [0.717, 1.165) is 24.3 Å². The van der Waals surface area contributed by atoms with Crippen LogP contribution in [0.4, 0.5) is 5.69 Å². The lowest BCUT2D eigenvalue weighted by molar-refractivity contribution is -0.119. The van der Waals surface area contributed by atoms with Crippen molar-refractivity contribution in [2.45, 2.75) is 51.0 Å². The van der Waals surface area contributed by atoms with Crippen LogP contribution in [0.25, 0.3) is 0 Å². The summed E-state index contributed by atoms with van der Waals surface area (Å²) in [7, 11) is 1.69. The number of methoxy groups -OCH3 is 1. The summed E-state index contributed by atoms with van der Waals surface area (Å²) in [5.74, 6) is 1.03.